The molecule has 0 amide bonds. The Bertz CT molecular complexity index is 667. The molecular weight excluding hydrogens is 256 g/mol. The maximum absolute atomic E-state index is 4.26. The third-order valence-corrected chi connectivity index (χ3v) is 3.74. The lowest BCUT2D eigenvalue weighted by Gasteiger charge is -2.12. The summed E-state index contributed by atoms with van der Waals surface area (Å²) in [6, 6.07) is 8.85. The standard InChI is InChI=1S/C19H25N2/c1-5-20-13-7-9-17-16(15(3)4)11-12-19-18(17)10-8-14-21(19)6-2/h7-15H,5-6H2,1-4H3/q+1/b9-7-,20-13?. The van der Waals surface area contributed by atoms with Gasteiger partial charge < -0.3 is 0 Å². The van der Waals surface area contributed by atoms with Crippen molar-refractivity contribution in [2.45, 2.75) is 40.2 Å². The number of pyridine rings is 1. The fourth-order valence-electron chi connectivity index (χ4n) is 2.66. The van der Waals surface area contributed by atoms with Gasteiger partial charge in [0.25, 0.3) is 0 Å². The second kappa shape index (κ2) is 7.16. The van der Waals surface area contributed by atoms with Gasteiger partial charge in [-0.1, -0.05) is 26.0 Å². The zero-order valence-electron chi connectivity index (χ0n) is 13.5. The predicted octanol–water partition coefficient (Wildman–Crippen LogP) is 4.37. The molecule has 0 saturated carbocycles. The van der Waals surface area contributed by atoms with Crippen molar-refractivity contribution in [2.24, 2.45) is 4.99 Å². The molecule has 0 atom stereocenters. The van der Waals surface area contributed by atoms with E-state index in [1.54, 1.807) is 0 Å². The molecule has 2 heteroatoms. The Hall–Kier alpha value is -1.96. The van der Waals surface area contributed by atoms with Gasteiger partial charge in [0, 0.05) is 24.9 Å². The van der Waals surface area contributed by atoms with Crippen molar-refractivity contribution in [3.05, 3.63) is 47.7 Å². The van der Waals surface area contributed by atoms with Crippen LogP contribution in [0.4, 0.5) is 0 Å². The molecule has 0 aliphatic heterocycles. The summed E-state index contributed by atoms with van der Waals surface area (Å²) in [7, 11) is 0. The molecule has 110 valence electrons. The summed E-state index contributed by atoms with van der Waals surface area (Å²) in [6.07, 6.45) is 8.27. The van der Waals surface area contributed by atoms with Gasteiger partial charge in [-0.05, 0) is 43.0 Å². The molecule has 0 N–H and O–H groups in total. The van der Waals surface area contributed by atoms with Crippen molar-refractivity contribution in [1.82, 2.24) is 0 Å². The van der Waals surface area contributed by atoms with Crippen LogP contribution >= 0.6 is 0 Å². The highest BCUT2D eigenvalue weighted by molar-refractivity contribution is 5.91. The minimum atomic E-state index is 0.507. The van der Waals surface area contributed by atoms with E-state index in [9.17, 15) is 0 Å². The summed E-state index contributed by atoms with van der Waals surface area (Å²) in [5.41, 5.74) is 3.99. The van der Waals surface area contributed by atoms with Gasteiger partial charge in [0.2, 0.25) is 5.52 Å². The van der Waals surface area contributed by atoms with Crippen LogP contribution in [0.25, 0.3) is 17.0 Å². The Labute approximate surface area is 127 Å². The van der Waals surface area contributed by atoms with Crippen LogP contribution in [0.5, 0.6) is 0 Å². The molecular formula is C19H25N2+. The predicted molar refractivity (Wildman–Crippen MR) is 92.0 cm³/mol. The van der Waals surface area contributed by atoms with E-state index < -0.39 is 0 Å². The molecule has 1 aromatic carbocycles. The molecule has 2 rings (SSSR count). The number of nitrogens with zero attached hydrogens (tertiary/aromatic N) is 2. The third kappa shape index (κ3) is 3.38. The SMILES string of the molecule is CCN=C/C=C\c1c(C(C)C)ccc2c1ccc[n+]2CC. The summed E-state index contributed by atoms with van der Waals surface area (Å²) >= 11 is 0. The van der Waals surface area contributed by atoms with E-state index in [2.05, 4.69) is 66.9 Å². The van der Waals surface area contributed by atoms with Crippen LogP contribution in [0, 0.1) is 0 Å². The maximum atomic E-state index is 4.26. The second-order valence-corrected chi connectivity index (χ2v) is 5.46. The van der Waals surface area contributed by atoms with Gasteiger partial charge >= 0.3 is 0 Å². The van der Waals surface area contributed by atoms with Crippen LogP contribution in [-0.2, 0) is 6.54 Å². The Balaban J connectivity index is 2.64. The molecule has 21 heavy (non-hydrogen) atoms. The maximum Gasteiger partial charge on any atom is 0.213 e. The van der Waals surface area contributed by atoms with Crippen LogP contribution in [0.2, 0.25) is 0 Å². The zero-order valence-corrected chi connectivity index (χ0v) is 13.5. The molecule has 0 aliphatic rings. The number of benzene rings is 1. The molecule has 0 unspecified atom stereocenters. The lowest BCUT2D eigenvalue weighted by Crippen LogP contribution is -2.32. The number of hydrogen-bond donors (Lipinski definition) is 0. The summed E-state index contributed by atoms with van der Waals surface area (Å²) in [5.74, 6) is 0.507. The van der Waals surface area contributed by atoms with E-state index in [0.29, 0.717) is 5.92 Å². The molecule has 2 aromatic rings. The molecule has 1 heterocycles. The van der Waals surface area contributed by atoms with E-state index in [1.165, 1.54) is 22.0 Å². The number of allylic oxidation sites excluding steroid dienone is 1. The normalized spacial score (nSPS) is 12.2. The summed E-state index contributed by atoms with van der Waals surface area (Å²) in [5, 5.41) is 1.31. The Morgan fingerprint density at radius 3 is 2.67 bits per heavy atom. The highest BCUT2D eigenvalue weighted by Crippen LogP contribution is 2.27. The first-order valence-corrected chi connectivity index (χ1v) is 7.80. The van der Waals surface area contributed by atoms with Crippen molar-refractivity contribution < 1.29 is 4.57 Å². The average Bonchev–Trinajstić information content (AvgIpc) is 2.50. The first kappa shape index (κ1) is 15.4. The van der Waals surface area contributed by atoms with Crippen molar-refractivity contribution in [2.75, 3.05) is 6.54 Å². The molecule has 1 aromatic heterocycles. The number of aromatic nitrogens is 1. The largest absolute Gasteiger partial charge is 0.293 e. The third-order valence-electron chi connectivity index (χ3n) is 3.74. The van der Waals surface area contributed by atoms with Crippen molar-refractivity contribution in [1.29, 1.82) is 0 Å². The van der Waals surface area contributed by atoms with E-state index in [1.807, 2.05) is 19.2 Å². The van der Waals surface area contributed by atoms with E-state index in [0.717, 1.165) is 13.1 Å². The molecule has 0 saturated heterocycles. The summed E-state index contributed by atoms with van der Waals surface area (Å²) in [4.78, 5) is 4.26. The fraction of sp³-hybridized carbons (Fsp3) is 0.368. The molecule has 0 spiro atoms. The van der Waals surface area contributed by atoms with Gasteiger partial charge in [0.15, 0.2) is 6.20 Å². The monoisotopic (exact) mass is 281 g/mol. The topological polar surface area (TPSA) is 16.2 Å². The number of aryl methyl sites for hydroxylation is 1. The Morgan fingerprint density at radius 2 is 2.00 bits per heavy atom. The average molecular weight is 281 g/mol. The van der Waals surface area contributed by atoms with Gasteiger partial charge in [0.1, 0.15) is 6.54 Å². The minimum Gasteiger partial charge on any atom is -0.293 e. The number of rotatable bonds is 5. The van der Waals surface area contributed by atoms with E-state index in [4.69, 9.17) is 0 Å². The van der Waals surface area contributed by atoms with Crippen molar-refractivity contribution in [3.8, 4) is 0 Å². The van der Waals surface area contributed by atoms with Crippen LogP contribution in [0.15, 0.2) is 41.5 Å². The summed E-state index contributed by atoms with van der Waals surface area (Å²) < 4.78 is 2.29. The van der Waals surface area contributed by atoms with Crippen molar-refractivity contribution in [3.63, 3.8) is 0 Å². The molecule has 0 fully saturated rings. The number of fused-ring (bicyclic) bond motifs is 1. The molecule has 0 aliphatic carbocycles. The molecule has 0 radical (unpaired) electrons. The highest BCUT2D eigenvalue weighted by atomic mass is 14.9. The first-order valence-electron chi connectivity index (χ1n) is 7.80. The van der Waals surface area contributed by atoms with Crippen LogP contribution < -0.4 is 4.57 Å². The lowest BCUT2D eigenvalue weighted by atomic mass is 9.93. The van der Waals surface area contributed by atoms with Gasteiger partial charge in [0.05, 0.1) is 5.39 Å². The van der Waals surface area contributed by atoms with Crippen LogP contribution in [-0.4, -0.2) is 12.8 Å². The van der Waals surface area contributed by atoms with E-state index in [-0.39, 0.29) is 0 Å². The fourth-order valence-corrected chi connectivity index (χ4v) is 2.66. The lowest BCUT2D eigenvalue weighted by molar-refractivity contribution is -0.667. The van der Waals surface area contributed by atoms with Crippen molar-refractivity contribution >= 4 is 23.2 Å². The van der Waals surface area contributed by atoms with Gasteiger partial charge in [-0.3, -0.25) is 4.99 Å². The smallest absolute Gasteiger partial charge is 0.213 e. The van der Waals surface area contributed by atoms with Crippen LogP contribution in [0.1, 0.15) is 44.7 Å². The van der Waals surface area contributed by atoms with Gasteiger partial charge in [-0.25, -0.2) is 0 Å². The zero-order chi connectivity index (χ0) is 15.2. The number of aliphatic imine (C=N–C) groups is 1. The van der Waals surface area contributed by atoms with Gasteiger partial charge in [-0.2, -0.15) is 4.57 Å². The highest BCUT2D eigenvalue weighted by Gasteiger charge is 2.13. The summed E-state index contributed by atoms with van der Waals surface area (Å²) in [6.45, 7) is 10.5. The molecule has 2 nitrogen and oxygen atoms in total. The molecule has 0 bridgehead atoms. The Kier molecular flexibility index (Phi) is 5.26. The Morgan fingerprint density at radius 1 is 1.19 bits per heavy atom. The van der Waals surface area contributed by atoms with Gasteiger partial charge in [-0.15, -0.1) is 0 Å². The second-order valence-electron chi connectivity index (χ2n) is 5.46. The van der Waals surface area contributed by atoms with Crippen LogP contribution in [0.3, 0.4) is 0 Å². The number of hydrogen-bond acceptors (Lipinski definition) is 1. The van der Waals surface area contributed by atoms with E-state index >= 15 is 0 Å². The minimum absolute atomic E-state index is 0.507. The quantitative estimate of drug-likeness (QED) is 0.571. The first-order chi connectivity index (χ1) is 10.2.